The molecule has 0 saturated heterocycles. The minimum absolute atomic E-state index is 0.267. The lowest BCUT2D eigenvalue weighted by Crippen LogP contribution is -2.37. The fraction of sp³-hybridized carbons (Fsp3) is 1.00. The molecular formula is C16H35NO2S. The Bertz CT molecular complexity index is 338. The number of unbranched alkanes of at least 4 members (excludes halogenated alkanes) is 1. The molecule has 3 nitrogen and oxygen atoms in total. The van der Waals surface area contributed by atoms with Crippen LogP contribution in [0.4, 0.5) is 0 Å². The van der Waals surface area contributed by atoms with Crippen molar-refractivity contribution in [3.05, 3.63) is 0 Å². The van der Waals surface area contributed by atoms with Crippen molar-refractivity contribution in [2.45, 2.75) is 79.2 Å². The van der Waals surface area contributed by atoms with Gasteiger partial charge in [0.1, 0.15) is 9.84 Å². The van der Waals surface area contributed by atoms with E-state index in [0.29, 0.717) is 11.8 Å². The van der Waals surface area contributed by atoms with Crippen LogP contribution in [0.1, 0.15) is 73.1 Å². The molecule has 0 aliphatic rings. The van der Waals surface area contributed by atoms with Crippen LogP contribution >= 0.6 is 0 Å². The van der Waals surface area contributed by atoms with Gasteiger partial charge < -0.3 is 5.32 Å². The van der Waals surface area contributed by atoms with Gasteiger partial charge in [-0.05, 0) is 31.1 Å². The van der Waals surface area contributed by atoms with E-state index in [0.717, 1.165) is 25.8 Å². The number of nitrogens with one attached hydrogen (secondary N) is 1. The van der Waals surface area contributed by atoms with E-state index in [1.54, 1.807) is 6.92 Å². The molecule has 0 bridgehead atoms. The van der Waals surface area contributed by atoms with Crippen molar-refractivity contribution in [1.29, 1.82) is 0 Å². The third-order valence-electron chi connectivity index (χ3n) is 4.30. The molecule has 1 N–H and O–H groups in total. The molecule has 4 heteroatoms. The lowest BCUT2D eigenvalue weighted by atomic mass is 9.76. The Labute approximate surface area is 126 Å². The monoisotopic (exact) mass is 305 g/mol. The highest BCUT2D eigenvalue weighted by Crippen LogP contribution is 2.34. The molecule has 0 radical (unpaired) electrons. The number of sulfone groups is 1. The Morgan fingerprint density at radius 1 is 1.05 bits per heavy atom. The Morgan fingerprint density at radius 3 is 2.10 bits per heavy atom. The predicted octanol–water partition coefficient (Wildman–Crippen LogP) is 3.79. The number of hydrogen-bond acceptors (Lipinski definition) is 3. The highest BCUT2D eigenvalue weighted by Gasteiger charge is 2.27. The smallest absolute Gasteiger partial charge is 0.150 e. The SMILES string of the molecule is CCCCC(CC)(CCCS(=O)(=O)CC)CNC(C)C. The Hall–Kier alpha value is -0.0900. The van der Waals surface area contributed by atoms with Crippen LogP contribution in [0.5, 0.6) is 0 Å². The maximum atomic E-state index is 11.6. The summed E-state index contributed by atoms with van der Waals surface area (Å²) in [6.45, 7) is 11.5. The van der Waals surface area contributed by atoms with E-state index in [2.05, 4.69) is 33.0 Å². The summed E-state index contributed by atoms with van der Waals surface area (Å²) in [6, 6.07) is 0.488. The zero-order valence-electron chi connectivity index (χ0n) is 14.2. The van der Waals surface area contributed by atoms with Crippen LogP contribution in [-0.4, -0.2) is 32.5 Å². The molecule has 0 saturated carbocycles. The lowest BCUT2D eigenvalue weighted by Gasteiger charge is -2.34. The number of rotatable bonds is 12. The summed E-state index contributed by atoms with van der Waals surface area (Å²) in [5, 5.41) is 3.56. The van der Waals surface area contributed by atoms with Gasteiger partial charge in [0.05, 0.1) is 5.75 Å². The second-order valence-corrected chi connectivity index (χ2v) is 8.81. The lowest BCUT2D eigenvalue weighted by molar-refractivity contribution is 0.205. The minimum Gasteiger partial charge on any atom is -0.314 e. The molecule has 0 heterocycles. The molecule has 0 aromatic heterocycles. The summed E-state index contributed by atoms with van der Waals surface area (Å²) in [5.74, 6) is 0.615. The van der Waals surface area contributed by atoms with Gasteiger partial charge in [0.2, 0.25) is 0 Å². The average Bonchev–Trinajstić information content (AvgIpc) is 2.41. The highest BCUT2D eigenvalue weighted by atomic mass is 32.2. The van der Waals surface area contributed by atoms with E-state index < -0.39 is 9.84 Å². The normalized spacial score (nSPS) is 15.5. The largest absolute Gasteiger partial charge is 0.314 e. The molecule has 0 fully saturated rings. The molecule has 0 amide bonds. The molecule has 1 atom stereocenters. The first-order valence-electron chi connectivity index (χ1n) is 8.24. The zero-order valence-corrected chi connectivity index (χ0v) is 15.0. The van der Waals surface area contributed by atoms with E-state index in [-0.39, 0.29) is 11.2 Å². The fourth-order valence-corrected chi connectivity index (χ4v) is 3.44. The van der Waals surface area contributed by atoms with Crippen LogP contribution in [0.25, 0.3) is 0 Å². The van der Waals surface area contributed by atoms with Crippen molar-refractivity contribution in [2.75, 3.05) is 18.1 Å². The summed E-state index contributed by atoms with van der Waals surface area (Å²) < 4.78 is 23.3. The van der Waals surface area contributed by atoms with Gasteiger partial charge in [0, 0.05) is 18.3 Å². The Kier molecular flexibility index (Phi) is 9.73. The topological polar surface area (TPSA) is 46.2 Å². The van der Waals surface area contributed by atoms with Crippen molar-refractivity contribution < 1.29 is 8.42 Å². The summed E-state index contributed by atoms with van der Waals surface area (Å²) in [7, 11) is -2.82. The molecule has 0 rings (SSSR count). The first kappa shape index (κ1) is 19.9. The summed E-state index contributed by atoms with van der Waals surface area (Å²) in [5.41, 5.74) is 0.267. The van der Waals surface area contributed by atoms with Gasteiger partial charge in [-0.25, -0.2) is 8.42 Å². The quantitative estimate of drug-likeness (QED) is 0.597. The first-order valence-corrected chi connectivity index (χ1v) is 10.1. The minimum atomic E-state index is -2.82. The third kappa shape index (κ3) is 8.25. The maximum absolute atomic E-state index is 11.6. The standard InChI is InChI=1S/C16H35NO2S/c1-6-9-11-16(7-2,14-17-15(4)5)12-10-13-20(18,19)8-3/h15,17H,6-14H2,1-5H3. The van der Waals surface area contributed by atoms with E-state index >= 15 is 0 Å². The third-order valence-corrected chi connectivity index (χ3v) is 6.09. The van der Waals surface area contributed by atoms with Crippen molar-refractivity contribution >= 4 is 9.84 Å². The van der Waals surface area contributed by atoms with Crippen LogP contribution in [0.3, 0.4) is 0 Å². The highest BCUT2D eigenvalue weighted by molar-refractivity contribution is 7.91. The summed E-state index contributed by atoms with van der Waals surface area (Å²) in [4.78, 5) is 0. The van der Waals surface area contributed by atoms with Crippen LogP contribution in [0.2, 0.25) is 0 Å². The fourth-order valence-electron chi connectivity index (χ4n) is 2.56. The van der Waals surface area contributed by atoms with Crippen molar-refractivity contribution in [3.8, 4) is 0 Å². The predicted molar refractivity (Wildman–Crippen MR) is 88.9 cm³/mol. The first-order chi connectivity index (χ1) is 9.31. The molecule has 0 aromatic carbocycles. The second-order valence-electron chi connectivity index (χ2n) is 6.33. The summed E-state index contributed by atoms with van der Waals surface area (Å²) in [6.07, 6.45) is 6.57. The maximum Gasteiger partial charge on any atom is 0.150 e. The van der Waals surface area contributed by atoms with Gasteiger partial charge in [-0.2, -0.15) is 0 Å². The molecule has 0 aliphatic carbocycles. The van der Waals surface area contributed by atoms with E-state index in [4.69, 9.17) is 0 Å². The Morgan fingerprint density at radius 2 is 1.65 bits per heavy atom. The van der Waals surface area contributed by atoms with Gasteiger partial charge >= 0.3 is 0 Å². The van der Waals surface area contributed by atoms with E-state index in [1.165, 1.54) is 19.3 Å². The second kappa shape index (κ2) is 9.78. The molecule has 0 spiro atoms. The van der Waals surface area contributed by atoms with Gasteiger partial charge in [-0.15, -0.1) is 0 Å². The summed E-state index contributed by atoms with van der Waals surface area (Å²) >= 11 is 0. The Balaban J connectivity index is 4.56. The molecule has 1 unspecified atom stereocenters. The van der Waals surface area contributed by atoms with Gasteiger partial charge in [-0.1, -0.05) is 47.5 Å². The van der Waals surface area contributed by atoms with Gasteiger partial charge in [0.25, 0.3) is 0 Å². The number of hydrogen-bond donors (Lipinski definition) is 1. The van der Waals surface area contributed by atoms with Crippen molar-refractivity contribution in [3.63, 3.8) is 0 Å². The van der Waals surface area contributed by atoms with Crippen LogP contribution in [-0.2, 0) is 9.84 Å². The van der Waals surface area contributed by atoms with Gasteiger partial charge in [0.15, 0.2) is 0 Å². The van der Waals surface area contributed by atoms with Crippen molar-refractivity contribution in [2.24, 2.45) is 5.41 Å². The molecule has 20 heavy (non-hydrogen) atoms. The average molecular weight is 306 g/mol. The van der Waals surface area contributed by atoms with Crippen LogP contribution in [0.15, 0.2) is 0 Å². The molecule has 0 aliphatic heterocycles. The van der Waals surface area contributed by atoms with Gasteiger partial charge in [-0.3, -0.25) is 0 Å². The van der Waals surface area contributed by atoms with Crippen LogP contribution < -0.4 is 5.32 Å². The zero-order chi connectivity index (χ0) is 15.6. The van der Waals surface area contributed by atoms with E-state index in [9.17, 15) is 8.42 Å². The molecular weight excluding hydrogens is 270 g/mol. The van der Waals surface area contributed by atoms with E-state index in [1.807, 2.05) is 0 Å². The van der Waals surface area contributed by atoms with Crippen molar-refractivity contribution in [1.82, 2.24) is 5.32 Å². The molecule has 122 valence electrons. The van der Waals surface area contributed by atoms with Crippen LogP contribution in [0, 0.1) is 5.41 Å². The molecule has 0 aromatic rings.